The number of nitrogens with zero attached hydrogens (tertiary/aromatic N) is 1. The summed E-state index contributed by atoms with van der Waals surface area (Å²) in [6.07, 6.45) is 4.58. The van der Waals surface area contributed by atoms with Crippen LogP contribution in [0.25, 0.3) is 0 Å². The molecule has 92 valence electrons. The summed E-state index contributed by atoms with van der Waals surface area (Å²) < 4.78 is 0. The van der Waals surface area contributed by atoms with Crippen molar-refractivity contribution in [3.8, 4) is 0 Å². The minimum atomic E-state index is -0.786. The number of carbonyl (C=O) groups excluding carboxylic acids is 1. The molecule has 16 heavy (non-hydrogen) atoms. The Morgan fingerprint density at radius 2 is 1.94 bits per heavy atom. The quantitative estimate of drug-likeness (QED) is 0.747. The first-order valence-corrected chi connectivity index (χ1v) is 5.97. The lowest BCUT2D eigenvalue weighted by molar-refractivity contribution is -0.142. The van der Waals surface area contributed by atoms with Crippen molar-refractivity contribution in [2.24, 2.45) is 5.92 Å². The Bertz CT molecular complexity index is 259. The summed E-state index contributed by atoms with van der Waals surface area (Å²) in [5.41, 5.74) is 0. The van der Waals surface area contributed by atoms with Gasteiger partial charge < -0.3 is 5.11 Å². The first-order valence-electron chi connectivity index (χ1n) is 5.97. The van der Waals surface area contributed by atoms with E-state index in [2.05, 4.69) is 0 Å². The molecule has 0 saturated heterocycles. The summed E-state index contributed by atoms with van der Waals surface area (Å²) in [5, 5.41) is 8.90. The molecule has 1 atom stereocenters. The van der Waals surface area contributed by atoms with Crippen molar-refractivity contribution >= 4 is 11.8 Å². The molecule has 4 nitrogen and oxygen atoms in total. The van der Waals surface area contributed by atoms with Crippen LogP contribution in [0.1, 0.15) is 39.5 Å². The molecular formula is C12H21NO3. The zero-order valence-electron chi connectivity index (χ0n) is 10.1. The smallest absolute Gasteiger partial charge is 0.307 e. The van der Waals surface area contributed by atoms with E-state index < -0.39 is 11.9 Å². The van der Waals surface area contributed by atoms with Gasteiger partial charge in [0.2, 0.25) is 0 Å². The highest BCUT2D eigenvalue weighted by Crippen LogP contribution is 2.24. The second-order valence-corrected chi connectivity index (χ2v) is 4.81. The van der Waals surface area contributed by atoms with Gasteiger partial charge in [0.1, 0.15) is 5.78 Å². The molecule has 0 amide bonds. The predicted octanol–water partition coefficient (Wildman–Crippen LogP) is 1.54. The minimum Gasteiger partial charge on any atom is -0.481 e. The lowest BCUT2D eigenvalue weighted by atomic mass is 10.1. The number of Topliss-reactive ketones (excluding diaryl/α,β-unsaturated/α-hetero) is 1. The van der Waals surface area contributed by atoms with Crippen LogP contribution in [-0.2, 0) is 9.59 Å². The molecule has 1 saturated carbocycles. The van der Waals surface area contributed by atoms with Crippen LogP contribution < -0.4 is 0 Å². The van der Waals surface area contributed by atoms with Crippen LogP contribution in [0.15, 0.2) is 0 Å². The number of carbonyl (C=O) groups is 2. The molecule has 1 rings (SSSR count). The first kappa shape index (κ1) is 13.2. The number of ketones is 1. The van der Waals surface area contributed by atoms with Gasteiger partial charge in [-0.3, -0.25) is 14.5 Å². The molecule has 1 aliphatic rings. The molecule has 0 spiro atoms. The van der Waals surface area contributed by atoms with E-state index in [-0.39, 0.29) is 5.78 Å². The van der Waals surface area contributed by atoms with E-state index in [1.807, 2.05) is 4.90 Å². The molecule has 1 fully saturated rings. The summed E-state index contributed by atoms with van der Waals surface area (Å²) in [5.74, 6) is -1.07. The molecule has 1 aliphatic carbocycles. The Labute approximate surface area is 96.6 Å². The zero-order chi connectivity index (χ0) is 12.1. The highest BCUT2D eigenvalue weighted by molar-refractivity contribution is 5.77. The zero-order valence-corrected chi connectivity index (χ0v) is 10.1. The number of hydrogen-bond acceptors (Lipinski definition) is 3. The van der Waals surface area contributed by atoms with Crippen molar-refractivity contribution in [2.45, 2.75) is 45.6 Å². The van der Waals surface area contributed by atoms with Gasteiger partial charge in [-0.25, -0.2) is 0 Å². The molecule has 0 heterocycles. The Hall–Kier alpha value is -0.900. The van der Waals surface area contributed by atoms with E-state index in [4.69, 9.17) is 5.11 Å². The van der Waals surface area contributed by atoms with Crippen molar-refractivity contribution in [3.63, 3.8) is 0 Å². The SMILES string of the molecule is CC(=O)CN(CC(C)C(=O)O)C1CCCC1. The van der Waals surface area contributed by atoms with Crippen LogP contribution in [0.3, 0.4) is 0 Å². The molecule has 1 unspecified atom stereocenters. The van der Waals surface area contributed by atoms with E-state index >= 15 is 0 Å². The van der Waals surface area contributed by atoms with Crippen molar-refractivity contribution < 1.29 is 14.7 Å². The number of carboxylic acid groups (broad SMARTS) is 1. The van der Waals surface area contributed by atoms with E-state index in [1.54, 1.807) is 13.8 Å². The van der Waals surface area contributed by atoms with E-state index in [0.29, 0.717) is 19.1 Å². The van der Waals surface area contributed by atoms with Gasteiger partial charge in [0, 0.05) is 12.6 Å². The third-order valence-corrected chi connectivity index (χ3v) is 3.20. The second kappa shape index (κ2) is 5.99. The van der Waals surface area contributed by atoms with Crippen LogP contribution in [0, 0.1) is 5.92 Å². The fraction of sp³-hybridized carbons (Fsp3) is 0.833. The maximum Gasteiger partial charge on any atom is 0.307 e. The maximum atomic E-state index is 11.2. The number of hydrogen-bond donors (Lipinski definition) is 1. The summed E-state index contributed by atoms with van der Waals surface area (Å²) >= 11 is 0. The lowest BCUT2D eigenvalue weighted by Gasteiger charge is -2.29. The van der Waals surface area contributed by atoms with Crippen molar-refractivity contribution in [1.29, 1.82) is 0 Å². The Kier molecular flexibility index (Phi) is 4.93. The largest absolute Gasteiger partial charge is 0.481 e. The molecule has 0 radical (unpaired) electrons. The molecule has 0 aromatic heterocycles. The van der Waals surface area contributed by atoms with Crippen LogP contribution in [0.2, 0.25) is 0 Å². The molecule has 0 aliphatic heterocycles. The summed E-state index contributed by atoms with van der Waals surface area (Å²) in [4.78, 5) is 24.0. The summed E-state index contributed by atoms with van der Waals surface area (Å²) in [6, 6.07) is 0.408. The Balaban J connectivity index is 2.55. The van der Waals surface area contributed by atoms with Crippen LogP contribution in [0.4, 0.5) is 0 Å². The number of rotatable bonds is 6. The summed E-state index contributed by atoms with van der Waals surface area (Å²) in [6.45, 7) is 4.14. The number of carboxylic acids is 1. The van der Waals surface area contributed by atoms with Gasteiger partial charge in [0.05, 0.1) is 12.5 Å². The highest BCUT2D eigenvalue weighted by Gasteiger charge is 2.26. The van der Waals surface area contributed by atoms with Gasteiger partial charge >= 0.3 is 5.97 Å². The van der Waals surface area contributed by atoms with Gasteiger partial charge in [-0.05, 0) is 19.8 Å². The van der Waals surface area contributed by atoms with Gasteiger partial charge in [-0.2, -0.15) is 0 Å². The normalized spacial score (nSPS) is 18.9. The summed E-state index contributed by atoms with van der Waals surface area (Å²) in [7, 11) is 0. The van der Waals surface area contributed by atoms with Gasteiger partial charge in [-0.15, -0.1) is 0 Å². The predicted molar refractivity (Wildman–Crippen MR) is 61.3 cm³/mol. The topological polar surface area (TPSA) is 57.6 Å². The van der Waals surface area contributed by atoms with E-state index in [9.17, 15) is 9.59 Å². The van der Waals surface area contributed by atoms with Crippen LogP contribution in [0.5, 0.6) is 0 Å². The third kappa shape index (κ3) is 3.93. The van der Waals surface area contributed by atoms with Gasteiger partial charge in [0.15, 0.2) is 0 Å². The molecular weight excluding hydrogens is 206 g/mol. The van der Waals surface area contributed by atoms with Crippen molar-refractivity contribution in [2.75, 3.05) is 13.1 Å². The monoisotopic (exact) mass is 227 g/mol. The lowest BCUT2D eigenvalue weighted by Crippen LogP contribution is -2.41. The average Bonchev–Trinajstić information content (AvgIpc) is 2.68. The molecule has 1 N–H and O–H groups in total. The van der Waals surface area contributed by atoms with Crippen molar-refractivity contribution in [1.82, 2.24) is 4.90 Å². The Morgan fingerprint density at radius 1 is 1.38 bits per heavy atom. The first-order chi connectivity index (χ1) is 7.50. The number of aliphatic carboxylic acids is 1. The van der Waals surface area contributed by atoms with Crippen LogP contribution >= 0.6 is 0 Å². The van der Waals surface area contributed by atoms with Gasteiger partial charge in [0.25, 0.3) is 0 Å². The highest BCUT2D eigenvalue weighted by atomic mass is 16.4. The third-order valence-electron chi connectivity index (χ3n) is 3.20. The maximum absolute atomic E-state index is 11.2. The van der Waals surface area contributed by atoms with Gasteiger partial charge in [-0.1, -0.05) is 19.8 Å². The molecule has 0 aromatic rings. The van der Waals surface area contributed by atoms with Crippen LogP contribution in [-0.4, -0.2) is 40.9 Å². The Morgan fingerprint density at radius 3 is 2.38 bits per heavy atom. The fourth-order valence-corrected chi connectivity index (χ4v) is 2.33. The molecule has 0 bridgehead atoms. The molecule has 4 heteroatoms. The average molecular weight is 227 g/mol. The standard InChI is InChI=1S/C12H21NO3/c1-9(12(15)16)7-13(8-10(2)14)11-5-3-4-6-11/h9,11H,3-8H2,1-2H3,(H,15,16). The van der Waals surface area contributed by atoms with Crippen molar-refractivity contribution in [3.05, 3.63) is 0 Å². The van der Waals surface area contributed by atoms with E-state index in [0.717, 1.165) is 12.8 Å². The second-order valence-electron chi connectivity index (χ2n) is 4.81. The van der Waals surface area contributed by atoms with E-state index in [1.165, 1.54) is 12.8 Å². The fourth-order valence-electron chi connectivity index (χ4n) is 2.33. The minimum absolute atomic E-state index is 0.115. The molecule has 0 aromatic carbocycles.